The third-order valence-corrected chi connectivity index (χ3v) is 2.71. The molecule has 108 valence electrons. The molecule has 0 aliphatic carbocycles. The molecule has 3 aromatic heterocycles. The second-order valence-electron chi connectivity index (χ2n) is 4.17. The first-order valence-electron chi connectivity index (χ1n) is 5.64. The first kappa shape index (κ1) is 13.1. The lowest BCUT2D eigenvalue weighted by Gasteiger charge is -2.05. The van der Waals surface area contributed by atoms with E-state index < -0.39 is 17.3 Å². The van der Waals surface area contributed by atoms with Gasteiger partial charge in [0.15, 0.2) is 17.0 Å². The van der Waals surface area contributed by atoms with Crippen LogP contribution >= 0.6 is 0 Å². The van der Waals surface area contributed by atoms with Crippen LogP contribution in [0.3, 0.4) is 0 Å². The summed E-state index contributed by atoms with van der Waals surface area (Å²) in [5, 5.41) is 0. The second kappa shape index (κ2) is 4.30. The maximum absolute atomic E-state index is 12.5. The monoisotopic (exact) mass is 296 g/mol. The normalized spacial score (nSPS) is 12.0. The van der Waals surface area contributed by atoms with Gasteiger partial charge in [-0.1, -0.05) is 0 Å². The van der Waals surface area contributed by atoms with E-state index in [0.717, 1.165) is 12.1 Å². The predicted octanol–water partition coefficient (Wildman–Crippen LogP) is 1.31. The Morgan fingerprint density at radius 3 is 2.52 bits per heavy atom. The molecule has 7 nitrogen and oxygen atoms in total. The minimum Gasteiger partial charge on any atom is -0.369 e. The van der Waals surface area contributed by atoms with E-state index in [1.807, 2.05) is 0 Å². The van der Waals surface area contributed by atoms with Crippen molar-refractivity contribution >= 4 is 17.1 Å². The van der Waals surface area contributed by atoms with E-state index >= 15 is 0 Å². The summed E-state index contributed by atoms with van der Waals surface area (Å²) >= 11 is 0. The topological polar surface area (TPSA) is 113 Å². The number of nitrogens with one attached hydrogen (secondary N) is 2. The first-order valence-corrected chi connectivity index (χ1v) is 5.64. The van der Waals surface area contributed by atoms with Crippen molar-refractivity contribution in [3.8, 4) is 11.5 Å². The Kier molecular flexibility index (Phi) is 2.68. The second-order valence-corrected chi connectivity index (χ2v) is 4.17. The van der Waals surface area contributed by atoms with E-state index in [9.17, 15) is 18.0 Å². The minimum atomic E-state index is -4.47. The number of rotatable bonds is 1. The van der Waals surface area contributed by atoms with Gasteiger partial charge < -0.3 is 10.7 Å². The fourth-order valence-corrected chi connectivity index (χ4v) is 1.75. The molecule has 3 rings (SSSR count). The molecule has 0 atom stereocenters. The lowest BCUT2D eigenvalue weighted by Crippen LogP contribution is -2.10. The van der Waals surface area contributed by atoms with Crippen LogP contribution in [0.15, 0.2) is 23.1 Å². The number of imidazole rings is 1. The molecule has 21 heavy (non-hydrogen) atoms. The Labute approximate surface area is 114 Å². The number of pyridine rings is 1. The van der Waals surface area contributed by atoms with Crippen LogP contribution in [0.25, 0.3) is 22.7 Å². The minimum absolute atomic E-state index is 0.0629. The Morgan fingerprint density at radius 1 is 1.14 bits per heavy atom. The molecule has 0 aromatic carbocycles. The van der Waals surface area contributed by atoms with Gasteiger partial charge in [0.25, 0.3) is 5.56 Å². The molecule has 0 saturated carbocycles. The molecule has 0 spiro atoms. The van der Waals surface area contributed by atoms with Crippen molar-refractivity contribution in [2.45, 2.75) is 6.18 Å². The Balaban J connectivity index is 2.08. The van der Waals surface area contributed by atoms with E-state index in [4.69, 9.17) is 5.73 Å². The number of fused-ring (bicyclic) bond motifs is 1. The Bertz CT molecular complexity index is 864. The third kappa shape index (κ3) is 2.30. The fourth-order valence-electron chi connectivity index (χ4n) is 1.75. The molecule has 0 amide bonds. The molecule has 10 heteroatoms. The van der Waals surface area contributed by atoms with E-state index in [1.165, 1.54) is 0 Å². The van der Waals surface area contributed by atoms with Crippen LogP contribution in [0.5, 0.6) is 0 Å². The van der Waals surface area contributed by atoms with Gasteiger partial charge in [-0.15, -0.1) is 0 Å². The number of nitrogens with zero attached hydrogens (tertiary/aromatic N) is 3. The van der Waals surface area contributed by atoms with Gasteiger partial charge in [-0.25, -0.2) is 4.98 Å². The standard InChI is InChI=1S/C11H7F3N6O/c12-11(13,14)4-1-2-5(16-3-4)7-17-6-8(18-7)19-10(15)20-9(6)21/h1-3H,(H4,15,17,18,19,20,21). The molecule has 3 heterocycles. The number of H-pyrrole nitrogens is 2. The summed E-state index contributed by atoms with van der Waals surface area (Å²) in [4.78, 5) is 28.0. The molecule has 0 radical (unpaired) electrons. The number of nitrogens with two attached hydrogens (primary N) is 1. The van der Waals surface area contributed by atoms with Crippen molar-refractivity contribution in [3.05, 3.63) is 34.2 Å². The summed E-state index contributed by atoms with van der Waals surface area (Å²) in [6.07, 6.45) is -3.78. The Hall–Kier alpha value is -2.91. The predicted molar refractivity (Wildman–Crippen MR) is 67.2 cm³/mol. The summed E-state index contributed by atoms with van der Waals surface area (Å²) < 4.78 is 37.4. The largest absolute Gasteiger partial charge is 0.417 e. The molecule has 0 aliphatic rings. The van der Waals surface area contributed by atoms with Crippen molar-refractivity contribution in [2.75, 3.05) is 5.73 Å². The molecule has 4 N–H and O–H groups in total. The molecule has 0 aliphatic heterocycles. The van der Waals surface area contributed by atoms with Crippen LogP contribution in [-0.2, 0) is 6.18 Å². The van der Waals surface area contributed by atoms with Crippen LogP contribution in [0, 0.1) is 0 Å². The zero-order chi connectivity index (χ0) is 15.2. The van der Waals surface area contributed by atoms with Gasteiger partial charge in [0.2, 0.25) is 5.95 Å². The van der Waals surface area contributed by atoms with Crippen molar-refractivity contribution < 1.29 is 13.2 Å². The van der Waals surface area contributed by atoms with Crippen LogP contribution in [-0.4, -0.2) is 24.9 Å². The number of anilines is 1. The van der Waals surface area contributed by atoms with Crippen molar-refractivity contribution in [3.63, 3.8) is 0 Å². The quantitative estimate of drug-likeness (QED) is 0.626. The van der Waals surface area contributed by atoms with Crippen molar-refractivity contribution in [1.82, 2.24) is 24.9 Å². The SMILES string of the molecule is Nc1nc2nc(-c3ccc(C(F)(F)F)cn3)[nH]c2c(=O)[nH]1. The summed E-state index contributed by atoms with van der Waals surface area (Å²) in [6.45, 7) is 0. The molecular formula is C11H7F3N6O. The number of alkyl halides is 3. The fraction of sp³-hybridized carbons (Fsp3) is 0.0909. The lowest BCUT2D eigenvalue weighted by atomic mass is 10.2. The molecular weight excluding hydrogens is 289 g/mol. The highest BCUT2D eigenvalue weighted by Crippen LogP contribution is 2.29. The number of hydrogen-bond acceptors (Lipinski definition) is 5. The molecule has 3 aromatic rings. The summed E-state index contributed by atoms with van der Waals surface area (Å²) in [6, 6.07) is 2.03. The average Bonchev–Trinajstić information content (AvgIpc) is 2.82. The zero-order valence-electron chi connectivity index (χ0n) is 10.2. The maximum atomic E-state index is 12.5. The number of aromatic nitrogens is 5. The van der Waals surface area contributed by atoms with E-state index in [0.29, 0.717) is 6.20 Å². The van der Waals surface area contributed by atoms with Gasteiger partial charge in [-0.05, 0) is 12.1 Å². The summed E-state index contributed by atoms with van der Waals surface area (Å²) in [5.74, 6) is 0.0215. The van der Waals surface area contributed by atoms with Crippen molar-refractivity contribution in [1.29, 1.82) is 0 Å². The van der Waals surface area contributed by atoms with Crippen molar-refractivity contribution in [2.24, 2.45) is 0 Å². The van der Waals surface area contributed by atoms with Crippen LogP contribution < -0.4 is 11.3 Å². The Morgan fingerprint density at radius 2 is 1.90 bits per heavy atom. The van der Waals surface area contributed by atoms with Gasteiger partial charge in [-0.3, -0.25) is 14.8 Å². The highest BCUT2D eigenvalue weighted by atomic mass is 19.4. The molecule has 0 saturated heterocycles. The molecule has 0 fully saturated rings. The molecule has 0 bridgehead atoms. The smallest absolute Gasteiger partial charge is 0.369 e. The van der Waals surface area contributed by atoms with Gasteiger partial charge in [0.05, 0.1) is 5.56 Å². The van der Waals surface area contributed by atoms with Gasteiger partial charge in [-0.2, -0.15) is 18.2 Å². The van der Waals surface area contributed by atoms with E-state index in [2.05, 4.69) is 24.9 Å². The third-order valence-electron chi connectivity index (χ3n) is 2.71. The number of hydrogen-bond donors (Lipinski definition) is 3. The zero-order valence-corrected chi connectivity index (χ0v) is 10.2. The average molecular weight is 296 g/mol. The molecule has 0 unspecified atom stereocenters. The first-order chi connectivity index (χ1) is 9.84. The van der Waals surface area contributed by atoms with Crippen LogP contribution in [0.4, 0.5) is 19.1 Å². The van der Waals surface area contributed by atoms with E-state index in [-0.39, 0.29) is 28.6 Å². The van der Waals surface area contributed by atoms with Gasteiger partial charge in [0.1, 0.15) is 5.69 Å². The summed E-state index contributed by atoms with van der Waals surface area (Å²) in [5.41, 5.74) is 4.27. The highest BCUT2D eigenvalue weighted by Gasteiger charge is 2.30. The lowest BCUT2D eigenvalue weighted by molar-refractivity contribution is -0.137. The van der Waals surface area contributed by atoms with Crippen LogP contribution in [0.1, 0.15) is 5.56 Å². The van der Waals surface area contributed by atoms with Crippen LogP contribution in [0.2, 0.25) is 0 Å². The number of halogens is 3. The van der Waals surface area contributed by atoms with Gasteiger partial charge in [0, 0.05) is 6.20 Å². The van der Waals surface area contributed by atoms with Gasteiger partial charge >= 0.3 is 6.18 Å². The summed E-state index contributed by atoms with van der Waals surface area (Å²) in [7, 11) is 0. The number of aromatic amines is 2. The number of nitrogen functional groups attached to an aromatic ring is 1. The van der Waals surface area contributed by atoms with E-state index in [1.54, 1.807) is 0 Å². The highest BCUT2D eigenvalue weighted by molar-refractivity contribution is 5.74. The maximum Gasteiger partial charge on any atom is 0.417 e.